The van der Waals surface area contributed by atoms with Crippen LogP contribution in [0.5, 0.6) is 0 Å². The summed E-state index contributed by atoms with van der Waals surface area (Å²) in [4.78, 5) is 1.44. The molecular weight excluding hydrogens is 623 g/mol. The first kappa shape index (κ1) is 24.0. The number of hydrogen-bond acceptors (Lipinski definition) is 1. The number of fused-ring (bicyclic) bond motifs is 4. The van der Waals surface area contributed by atoms with E-state index in [4.69, 9.17) is 0 Å². The minimum absolute atomic E-state index is 0.177. The number of benzene rings is 3. The van der Waals surface area contributed by atoms with Crippen molar-refractivity contribution in [1.29, 1.82) is 0 Å². The summed E-state index contributed by atoms with van der Waals surface area (Å²) in [7, 11) is 0. The second-order valence-electron chi connectivity index (χ2n) is 9.85. The van der Waals surface area contributed by atoms with Gasteiger partial charge in [0.05, 0.1) is 0 Å². The molecule has 6 rings (SSSR count). The van der Waals surface area contributed by atoms with Crippen LogP contribution < -0.4 is 0 Å². The molecule has 0 saturated carbocycles. The van der Waals surface area contributed by atoms with Crippen LogP contribution in [-0.2, 0) is 6.42 Å². The van der Waals surface area contributed by atoms with Gasteiger partial charge in [-0.25, -0.2) is 0 Å². The van der Waals surface area contributed by atoms with Gasteiger partial charge in [0.1, 0.15) is 0 Å². The van der Waals surface area contributed by atoms with Crippen LogP contribution in [0.2, 0.25) is 0 Å². The predicted molar refractivity (Wildman–Crippen MR) is 160 cm³/mol. The number of hydrogen-bond donors (Lipinski definition) is 0. The van der Waals surface area contributed by atoms with Gasteiger partial charge in [0.25, 0.3) is 0 Å². The SMILES string of the molecule is CCCCCCCCCCc1cc2cc3cc4cc5cc(-c6cccs6)[se]c5cc4cc3cc2[te]1. The van der Waals surface area contributed by atoms with E-state index in [-0.39, 0.29) is 20.4 Å². The third-order valence-electron chi connectivity index (χ3n) is 7.16. The van der Waals surface area contributed by atoms with E-state index in [0.29, 0.717) is 14.5 Å². The quantitative estimate of drug-likeness (QED) is 0.0784. The summed E-state index contributed by atoms with van der Waals surface area (Å²) >= 11 is 2.11. The Morgan fingerprint density at radius 3 is 2.14 bits per heavy atom. The van der Waals surface area contributed by atoms with Gasteiger partial charge in [-0.3, -0.25) is 0 Å². The van der Waals surface area contributed by atoms with E-state index in [1.807, 2.05) is 11.3 Å². The number of unbranched alkanes of at least 4 members (excludes halogenated alkanes) is 7. The van der Waals surface area contributed by atoms with Gasteiger partial charge in [-0.05, 0) is 0 Å². The number of aryl methyl sites for hydroxylation is 1. The van der Waals surface area contributed by atoms with E-state index < -0.39 is 0 Å². The molecule has 0 atom stereocenters. The molecule has 3 aromatic heterocycles. The zero-order chi connectivity index (χ0) is 23.6. The van der Waals surface area contributed by atoms with Crippen LogP contribution in [0.1, 0.15) is 61.9 Å². The van der Waals surface area contributed by atoms with E-state index in [9.17, 15) is 0 Å². The summed E-state index contributed by atoms with van der Waals surface area (Å²) in [6, 6.07) is 24.2. The summed E-state index contributed by atoms with van der Waals surface area (Å²) in [6.07, 6.45) is 12.6. The third kappa shape index (κ3) is 5.37. The van der Waals surface area contributed by atoms with Gasteiger partial charge in [-0.1, -0.05) is 0 Å². The van der Waals surface area contributed by atoms with Crippen molar-refractivity contribution in [3.63, 3.8) is 0 Å². The van der Waals surface area contributed by atoms with Gasteiger partial charge >= 0.3 is 230 Å². The van der Waals surface area contributed by atoms with E-state index in [0.717, 1.165) is 0 Å². The maximum absolute atomic E-state index is 2.55. The second-order valence-corrected chi connectivity index (χ2v) is 16.4. The Bertz CT molecular complexity index is 1490. The molecule has 178 valence electrons. The standard InChI is InChI=1S/C32H32SSeTe/c1-2-3-4-5-6-7-8-9-11-28-18-27-17-23-14-22-16-26-20-31(29-12-10-13-33-29)34-30(26)19-24(22)15-25(23)21-32(27)35-28/h10,12-21H,2-9,11H2,1H3. The van der Waals surface area contributed by atoms with E-state index in [1.165, 1.54) is 104 Å². The molecule has 0 saturated heterocycles. The molecule has 0 aliphatic heterocycles. The van der Waals surface area contributed by atoms with E-state index in [1.54, 1.807) is 6.98 Å². The fourth-order valence-corrected chi connectivity index (χ4v) is 11.8. The Morgan fingerprint density at radius 1 is 0.686 bits per heavy atom. The topological polar surface area (TPSA) is 0 Å². The van der Waals surface area contributed by atoms with Crippen LogP contribution in [0, 0.1) is 0 Å². The Kier molecular flexibility index (Phi) is 7.53. The summed E-state index contributed by atoms with van der Waals surface area (Å²) in [6.45, 7) is 2.30. The molecule has 0 N–H and O–H groups in total. The molecule has 0 aliphatic carbocycles. The first-order valence-corrected chi connectivity index (χ1v) is 18.1. The van der Waals surface area contributed by atoms with Gasteiger partial charge in [-0.2, -0.15) is 0 Å². The summed E-state index contributed by atoms with van der Waals surface area (Å²) in [5.41, 5.74) is 0. The van der Waals surface area contributed by atoms with Crippen molar-refractivity contribution in [3.05, 3.63) is 69.6 Å². The van der Waals surface area contributed by atoms with Gasteiger partial charge in [-0.15, -0.1) is 0 Å². The van der Waals surface area contributed by atoms with Crippen molar-refractivity contribution in [3.8, 4) is 9.31 Å². The molecule has 0 amide bonds. The summed E-state index contributed by atoms with van der Waals surface area (Å²) < 4.78 is 6.49. The van der Waals surface area contributed by atoms with Crippen LogP contribution in [0.4, 0.5) is 0 Å². The van der Waals surface area contributed by atoms with Crippen LogP contribution in [0.15, 0.2) is 66.0 Å². The third-order valence-corrected chi connectivity index (χ3v) is 14.0. The molecule has 0 aliphatic rings. The Labute approximate surface area is 228 Å². The monoisotopic (exact) mass is 658 g/mol. The molecule has 0 bridgehead atoms. The first-order valence-electron chi connectivity index (χ1n) is 13.1. The van der Waals surface area contributed by atoms with Crippen molar-refractivity contribution in [2.45, 2.75) is 64.7 Å². The van der Waals surface area contributed by atoms with Crippen LogP contribution in [-0.4, -0.2) is 34.9 Å². The average Bonchev–Trinajstić information content (AvgIpc) is 3.60. The Hall–Kier alpha value is -1.33. The van der Waals surface area contributed by atoms with Crippen molar-refractivity contribution in [2.75, 3.05) is 0 Å². The Balaban J connectivity index is 1.21. The fraction of sp³-hybridized carbons (Fsp3) is 0.312. The molecule has 3 heteroatoms. The number of thiophene rings is 1. The summed E-state index contributed by atoms with van der Waals surface area (Å²) in [5, 5.41) is 10.8. The molecule has 0 radical (unpaired) electrons. The van der Waals surface area contributed by atoms with Crippen molar-refractivity contribution in [1.82, 2.24) is 0 Å². The normalized spacial score (nSPS) is 12.0. The van der Waals surface area contributed by atoms with Crippen LogP contribution >= 0.6 is 11.3 Å². The molecule has 3 aromatic carbocycles. The predicted octanol–water partition coefficient (Wildman–Crippen LogP) is 9.83. The molecule has 0 unspecified atom stereocenters. The molecule has 3 heterocycles. The molecule has 0 nitrogen and oxygen atoms in total. The van der Waals surface area contributed by atoms with Crippen molar-refractivity contribution >= 4 is 86.3 Å². The molecule has 35 heavy (non-hydrogen) atoms. The molecule has 0 spiro atoms. The molecular formula is C32H32SSeTe. The van der Waals surface area contributed by atoms with Gasteiger partial charge < -0.3 is 0 Å². The molecule has 6 aromatic rings. The van der Waals surface area contributed by atoms with Crippen molar-refractivity contribution < 1.29 is 0 Å². The zero-order valence-corrected chi connectivity index (χ0v) is 25.3. The van der Waals surface area contributed by atoms with Crippen molar-refractivity contribution in [2.24, 2.45) is 0 Å². The second kappa shape index (κ2) is 11.0. The molecule has 0 fully saturated rings. The first-order chi connectivity index (χ1) is 17.3. The van der Waals surface area contributed by atoms with E-state index in [2.05, 4.69) is 73.0 Å². The van der Waals surface area contributed by atoms with Crippen LogP contribution in [0.3, 0.4) is 0 Å². The zero-order valence-electron chi connectivity index (χ0n) is 20.4. The maximum atomic E-state index is 2.55. The number of rotatable bonds is 10. The summed E-state index contributed by atoms with van der Waals surface area (Å²) in [5.74, 6) is 0. The Morgan fingerprint density at radius 2 is 1.37 bits per heavy atom. The minimum atomic E-state index is -0.177. The average molecular weight is 655 g/mol. The van der Waals surface area contributed by atoms with Gasteiger partial charge in [0, 0.05) is 0 Å². The van der Waals surface area contributed by atoms with Crippen LogP contribution in [0.25, 0.3) is 49.3 Å². The van der Waals surface area contributed by atoms with Gasteiger partial charge in [0.15, 0.2) is 0 Å². The fourth-order valence-electron chi connectivity index (χ4n) is 5.23. The van der Waals surface area contributed by atoms with E-state index >= 15 is 0 Å². The van der Waals surface area contributed by atoms with Gasteiger partial charge in [0.2, 0.25) is 0 Å².